The maximum Gasteiger partial charge on any atom is 0.241 e. The third-order valence-electron chi connectivity index (χ3n) is 4.81. The number of hydrogen-bond acceptors (Lipinski definition) is 4. The highest BCUT2D eigenvalue weighted by molar-refractivity contribution is 7.93. The first-order chi connectivity index (χ1) is 11.3. The minimum Gasteiger partial charge on any atom is -0.353 e. The average molecular weight is 389 g/mol. The molecule has 1 aliphatic rings. The lowest BCUT2D eigenvalue weighted by atomic mass is 10.1. The molecule has 0 unspecified atom stereocenters. The summed E-state index contributed by atoms with van der Waals surface area (Å²) in [5.41, 5.74) is 1.59. The second kappa shape index (κ2) is 9.01. The van der Waals surface area contributed by atoms with E-state index in [-0.39, 0.29) is 18.3 Å². The number of benzene rings is 1. The fourth-order valence-corrected chi connectivity index (χ4v) is 5.77. The van der Waals surface area contributed by atoms with E-state index >= 15 is 0 Å². The molecule has 1 amide bonds. The molecule has 0 atom stereocenters. The smallest absolute Gasteiger partial charge is 0.241 e. The molecule has 0 saturated heterocycles. The van der Waals surface area contributed by atoms with Gasteiger partial charge in [-0.25, -0.2) is 8.42 Å². The maximum absolute atomic E-state index is 13.4. The number of amides is 1. The van der Waals surface area contributed by atoms with Gasteiger partial charge in [0.25, 0.3) is 0 Å². The predicted molar refractivity (Wildman–Crippen MR) is 103 cm³/mol. The highest BCUT2D eigenvalue weighted by Crippen LogP contribution is 2.41. The third-order valence-corrected chi connectivity index (χ3v) is 7.45. The van der Waals surface area contributed by atoms with Crippen molar-refractivity contribution < 1.29 is 13.2 Å². The zero-order valence-corrected chi connectivity index (χ0v) is 16.9. The van der Waals surface area contributed by atoms with Crippen LogP contribution in [0.25, 0.3) is 0 Å². The van der Waals surface area contributed by atoms with Crippen LogP contribution in [0.2, 0.25) is 0 Å². The summed E-state index contributed by atoms with van der Waals surface area (Å²) < 4.78 is 25.4. The molecule has 0 aromatic heterocycles. The molecule has 0 radical (unpaired) electrons. The molecule has 1 aromatic carbocycles. The zero-order valence-electron chi connectivity index (χ0n) is 15.2. The van der Waals surface area contributed by atoms with Crippen molar-refractivity contribution in [1.29, 1.82) is 0 Å². The van der Waals surface area contributed by atoms with E-state index in [1.807, 2.05) is 26.0 Å². The summed E-state index contributed by atoms with van der Waals surface area (Å²) in [6.45, 7) is 7.56. The van der Waals surface area contributed by atoms with Gasteiger partial charge in [-0.15, -0.1) is 12.4 Å². The van der Waals surface area contributed by atoms with Crippen LogP contribution in [0.1, 0.15) is 43.7 Å². The van der Waals surface area contributed by atoms with Gasteiger partial charge in [0.1, 0.15) is 0 Å². The Bertz CT molecular complexity index is 698. The van der Waals surface area contributed by atoms with Crippen molar-refractivity contribution >= 4 is 28.2 Å². The lowest BCUT2D eigenvalue weighted by Gasteiger charge is -2.28. The second-order valence-electron chi connectivity index (χ2n) is 6.58. The van der Waals surface area contributed by atoms with Crippen molar-refractivity contribution in [2.45, 2.75) is 56.1 Å². The number of rotatable bonds is 7. The van der Waals surface area contributed by atoms with E-state index in [1.54, 1.807) is 13.0 Å². The lowest BCUT2D eigenvalue weighted by Crippen LogP contribution is -2.51. The lowest BCUT2D eigenvalue weighted by molar-refractivity contribution is -0.123. The molecule has 2 rings (SSSR count). The molecule has 1 aliphatic carbocycles. The van der Waals surface area contributed by atoms with Crippen LogP contribution in [-0.4, -0.2) is 38.7 Å². The standard InChI is InChI=1S/C18H28N2O3S.ClH/c1-4-19-11-12-20-17(21)18(9-5-6-10-18)24(22,23)16-13-14(2)7-8-15(16)3;/h7-8,13,19H,4-6,9-12H2,1-3H3,(H,20,21);1H. The highest BCUT2D eigenvalue weighted by Gasteiger charge is 2.53. The number of aryl methyl sites for hydroxylation is 2. The van der Waals surface area contributed by atoms with Crippen LogP contribution in [0.15, 0.2) is 23.1 Å². The van der Waals surface area contributed by atoms with E-state index in [0.717, 1.165) is 24.9 Å². The van der Waals surface area contributed by atoms with Crippen molar-refractivity contribution in [2.75, 3.05) is 19.6 Å². The monoisotopic (exact) mass is 388 g/mol. The van der Waals surface area contributed by atoms with E-state index in [9.17, 15) is 13.2 Å². The van der Waals surface area contributed by atoms with E-state index in [4.69, 9.17) is 0 Å². The Kier molecular flexibility index (Phi) is 7.90. The molecular weight excluding hydrogens is 360 g/mol. The van der Waals surface area contributed by atoms with Crippen LogP contribution in [0.4, 0.5) is 0 Å². The normalized spacial score (nSPS) is 16.3. The largest absolute Gasteiger partial charge is 0.353 e. The van der Waals surface area contributed by atoms with Crippen LogP contribution < -0.4 is 10.6 Å². The molecule has 1 aromatic rings. The summed E-state index contributed by atoms with van der Waals surface area (Å²) in [7, 11) is -3.73. The molecular formula is C18H29ClN2O3S. The maximum atomic E-state index is 13.4. The van der Waals surface area contributed by atoms with Crippen LogP contribution in [0.5, 0.6) is 0 Å². The van der Waals surface area contributed by atoms with Crippen LogP contribution >= 0.6 is 12.4 Å². The Balaban J connectivity index is 0.00000312. The Morgan fingerprint density at radius 3 is 2.40 bits per heavy atom. The minimum absolute atomic E-state index is 0. The summed E-state index contributed by atoms with van der Waals surface area (Å²) in [5.74, 6) is -0.348. The molecule has 2 N–H and O–H groups in total. The number of likely N-dealkylation sites (N-methyl/N-ethyl adjacent to an activating group) is 1. The number of sulfone groups is 1. The SMILES string of the molecule is CCNCCNC(=O)C1(S(=O)(=O)c2cc(C)ccc2C)CCCC1.Cl. The molecule has 142 valence electrons. The Hall–Kier alpha value is -1.11. The predicted octanol–water partition coefficient (Wildman–Crippen LogP) is 2.54. The van der Waals surface area contributed by atoms with Gasteiger partial charge in [-0.2, -0.15) is 0 Å². The number of nitrogens with one attached hydrogen (secondary N) is 2. The fourth-order valence-electron chi connectivity index (χ4n) is 3.37. The van der Waals surface area contributed by atoms with Gasteiger partial charge in [0, 0.05) is 13.1 Å². The van der Waals surface area contributed by atoms with Crippen LogP contribution in [0, 0.1) is 13.8 Å². The van der Waals surface area contributed by atoms with Gasteiger partial charge in [-0.05, 0) is 50.4 Å². The molecule has 0 heterocycles. The van der Waals surface area contributed by atoms with E-state index < -0.39 is 14.6 Å². The second-order valence-corrected chi connectivity index (χ2v) is 8.81. The molecule has 1 saturated carbocycles. The number of halogens is 1. The molecule has 5 nitrogen and oxygen atoms in total. The van der Waals surface area contributed by atoms with E-state index in [2.05, 4.69) is 10.6 Å². The molecule has 0 aliphatic heterocycles. The highest BCUT2D eigenvalue weighted by atomic mass is 35.5. The first kappa shape index (κ1) is 21.9. The van der Waals surface area contributed by atoms with Crippen molar-refractivity contribution in [2.24, 2.45) is 0 Å². The Labute approximate surface area is 157 Å². The first-order valence-electron chi connectivity index (χ1n) is 8.66. The summed E-state index contributed by atoms with van der Waals surface area (Å²) in [6.07, 6.45) is 2.33. The quantitative estimate of drug-likeness (QED) is 0.704. The van der Waals surface area contributed by atoms with E-state index in [0.29, 0.717) is 36.4 Å². The van der Waals surface area contributed by atoms with E-state index in [1.165, 1.54) is 0 Å². The summed E-state index contributed by atoms with van der Waals surface area (Å²) in [6, 6.07) is 5.40. The van der Waals surface area contributed by atoms with Gasteiger partial charge in [0.15, 0.2) is 14.6 Å². The first-order valence-corrected chi connectivity index (χ1v) is 10.1. The fraction of sp³-hybridized carbons (Fsp3) is 0.611. The van der Waals surface area contributed by atoms with Crippen LogP contribution in [-0.2, 0) is 14.6 Å². The molecule has 25 heavy (non-hydrogen) atoms. The van der Waals surface area contributed by atoms with Gasteiger partial charge in [-0.3, -0.25) is 4.79 Å². The molecule has 7 heteroatoms. The van der Waals surface area contributed by atoms with Crippen molar-refractivity contribution in [3.63, 3.8) is 0 Å². The van der Waals surface area contributed by atoms with Crippen molar-refractivity contribution in [3.05, 3.63) is 29.3 Å². The molecule has 0 spiro atoms. The summed E-state index contributed by atoms with van der Waals surface area (Å²) in [5, 5.41) is 5.96. The van der Waals surface area contributed by atoms with Crippen molar-refractivity contribution in [1.82, 2.24) is 10.6 Å². The summed E-state index contributed by atoms with van der Waals surface area (Å²) in [4.78, 5) is 13.1. The summed E-state index contributed by atoms with van der Waals surface area (Å²) >= 11 is 0. The van der Waals surface area contributed by atoms with Gasteiger partial charge >= 0.3 is 0 Å². The van der Waals surface area contributed by atoms with Gasteiger partial charge in [0.2, 0.25) is 5.91 Å². The van der Waals surface area contributed by atoms with Gasteiger partial charge in [0.05, 0.1) is 4.90 Å². The number of hydrogen-bond donors (Lipinski definition) is 2. The minimum atomic E-state index is -3.73. The molecule has 1 fully saturated rings. The van der Waals surface area contributed by atoms with Crippen molar-refractivity contribution in [3.8, 4) is 0 Å². The van der Waals surface area contributed by atoms with Gasteiger partial charge < -0.3 is 10.6 Å². The average Bonchev–Trinajstić information content (AvgIpc) is 3.05. The number of carbonyl (C=O) groups is 1. The Morgan fingerprint density at radius 1 is 1.16 bits per heavy atom. The Morgan fingerprint density at radius 2 is 1.80 bits per heavy atom. The topological polar surface area (TPSA) is 75.3 Å². The van der Waals surface area contributed by atoms with Crippen LogP contribution in [0.3, 0.4) is 0 Å². The molecule has 0 bridgehead atoms. The third kappa shape index (κ3) is 4.36. The zero-order chi connectivity index (χ0) is 17.8. The van der Waals surface area contributed by atoms with Gasteiger partial charge in [-0.1, -0.05) is 31.9 Å². The number of carbonyl (C=O) groups excluding carboxylic acids is 1.